The summed E-state index contributed by atoms with van der Waals surface area (Å²) in [6, 6.07) is 0. The van der Waals surface area contributed by atoms with E-state index in [1.165, 1.54) is 0 Å². The molecule has 0 radical (unpaired) electrons. The van der Waals surface area contributed by atoms with Crippen LogP contribution in [0.2, 0.25) is 0 Å². The molecule has 0 aliphatic carbocycles. The van der Waals surface area contributed by atoms with Crippen LogP contribution >= 0.6 is 0 Å². The fourth-order valence-corrected chi connectivity index (χ4v) is 0.644. The first-order valence-electron chi connectivity index (χ1n) is 3.41. The third-order valence-electron chi connectivity index (χ3n) is 1.72. The van der Waals surface area contributed by atoms with Crippen molar-refractivity contribution in [3.63, 3.8) is 0 Å². The highest BCUT2D eigenvalue weighted by molar-refractivity contribution is 4.97. The monoisotopic (exact) mass is 157 g/mol. The Balaban J connectivity index is 3.01. The van der Waals surface area contributed by atoms with Gasteiger partial charge in [0.2, 0.25) is 0 Å². The second kappa shape index (κ2) is 2.50. The van der Waals surface area contributed by atoms with Gasteiger partial charge in [-0.15, -0.1) is 0 Å². The van der Waals surface area contributed by atoms with Gasteiger partial charge in [0.15, 0.2) is 5.82 Å². The summed E-state index contributed by atoms with van der Waals surface area (Å²) < 4.78 is 4.31. The highest BCUT2D eigenvalue weighted by Crippen LogP contribution is 2.14. The van der Waals surface area contributed by atoms with Gasteiger partial charge in [0.25, 0.3) is 0 Å². The van der Waals surface area contributed by atoms with Crippen LogP contribution in [0.5, 0.6) is 0 Å². The fourth-order valence-electron chi connectivity index (χ4n) is 0.644. The molecule has 0 aliphatic rings. The molecule has 0 aromatic carbocycles. The first kappa shape index (κ1) is 8.00. The maximum absolute atomic E-state index is 10.5. The number of rotatable bonds is 2. The van der Waals surface area contributed by atoms with Crippen molar-refractivity contribution < 1.29 is 4.52 Å². The van der Waals surface area contributed by atoms with Crippen molar-refractivity contribution in [1.82, 2.24) is 10.1 Å². The molecule has 0 saturated carbocycles. The number of nitrogens with one attached hydrogen (secondary N) is 1. The van der Waals surface area contributed by atoms with Crippen molar-refractivity contribution in [2.75, 3.05) is 0 Å². The van der Waals surface area contributed by atoms with Crippen LogP contribution < -0.4 is 11.5 Å². The lowest BCUT2D eigenvalue weighted by atomic mass is 10.0. The Bertz CT molecular complexity index is 286. The molecular formula is C6H11N3O2. The Morgan fingerprint density at radius 3 is 2.82 bits per heavy atom. The zero-order chi connectivity index (χ0) is 8.48. The van der Waals surface area contributed by atoms with Crippen molar-refractivity contribution in [3.05, 3.63) is 16.4 Å². The van der Waals surface area contributed by atoms with Gasteiger partial charge in [0.1, 0.15) is 0 Å². The minimum Gasteiger partial charge on any atom is -0.319 e. The number of aromatic amines is 1. The normalized spacial score (nSPS) is 16.3. The Morgan fingerprint density at radius 1 is 1.82 bits per heavy atom. The lowest BCUT2D eigenvalue weighted by Crippen LogP contribution is -2.33. The fraction of sp³-hybridized carbons (Fsp3) is 0.667. The molecule has 0 bridgehead atoms. The van der Waals surface area contributed by atoms with Crippen LogP contribution in [-0.2, 0) is 5.54 Å². The summed E-state index contributed by atoms with van der Waals surface area (Å²) in [5.41, 5.74) is 5.15. The maximum Gasteiger partial charge on any atom is 0.438 e. The average molecular weight is 157 g/mol. The first-order valence-corrected chi connectivity index (χ1v) is 3.41. The molecule has 1 unspecified atom stereocenters. The second-order valence-electron chi connectivity index (χ2n) is 2.71. The standard InChI is InChI=1S/C6H11N3O2/c1-3-6(2,7)4-8-5(10)11-9-4/h3,7H2,1-2H3,(H,8,9,10). The minimum atomic E-state index is -0.605. The number of hydrogen-bond acceptors (Lipinski definition) is 4. The predicted octanol–water partition coefficient (Wildman–Crippen LogP) is -0.0532. The summed E-state index contributed by atoms with van der Waals surface area (Å²) in [6.45, 7) is 3.69. The SMILES string of the molecule is CCC(C)(N)c1noc(=O)[nH]1. The summed E-state index contributed by atoms with van der Waals surface area (Å²) >= 11 is 0. The molecular weight excluding hydrogens is 146 g/mol. The predicted molar refractivity (Wildman–Crippen MR) is 39.0 cm³/mol. The molecule has 11 heavy (non-hydrogen) atoms. The number of hydrogen-bond donors (Lipinski definition) is 2. The van der Waals surface area contributed by atoms with Crippen LogP contribution in [-0.4, -0.2) is 10.1 Å². The summed E-state index contributed by atoms with van der Waals surface area (Å²) in [4.78, 5) is 12.9. The van der Waals surface area contributed by atoms with Crippen molar-refractivity contribution in [1.29, 1.82) is 0 Å². The Hall–Kier alpha value is -1.10. The molecule has 3 N–H and O–H groups in total. The largest absolute Gasteiger partial charge is 0.438 e. The summed E-state index contributed by atoms with van der Waals surface area (Å²) in [5.74, 6) is -0.171. The zero-order valence-corrected chi connectivity index (χ0v) is 6.55. The molecule has 5 heteroatoms. The molecule has 5 nitrogen and oxygen atoms in total. The van der Waals surface area contributed by atoms with Crippen molar-refractivity contribution in [3.8, 4) is 0 Å². The van der Waals surface area contributed by atoms with E-state index in [-0.39, 0.29) is 0 Å². The number of nitrogens with two attached hydrogens (primary N) is 1. The van der Waals surface area contributed by atoms with E-state index in [1.54, 1.807) is 6.92 Å². The van der Waals surface area contributed by atoms with Crippen molar-refractivity contribution in [2.24, 2.45) is 5.73 Å². The Labute approximate surface area is 63.6 Å². The van der Waals surface area contributed by atoms with Gasteiger partial charge in [-0.1, -0.05) is 12.1 Å². The van der Waals surface area contributed by atoms with E-state index in [1.807, 2.05) is 6.92 Å². The average Bonchev–Trinajstić information content (AvgIpc) is 2.36. The molecule has 0 saturated heterocycles. The van der Waals surface area contributed by atoms with Gasteiger partial charge >= 0.3 is 5.76 Å². The third-order valence-corrected chi connectivity index (χ3v) is 1.72. The highest BCUT2D eigenvalue weighted by atomic mass is 16.5. The molecule has 62 valence electrons. The molecule has 1 aromatic rings. The zero-order valence-electron chi connectivity index (χ0n) is 6.55. The second-order valence-corrected chi connectivity index (χ2v) is 2.71. The molecule has 1 aromatic heterocycles. The number of aromatic nitrogens is 2. The van der Waals surface area contributed by atoms with Crippen LogP contribution in [0, 0.1) is 0 Å². The van der Waals surface area contributed by atoms with Crippen LogP contribution in [0.15, 0.2) is 9.32 Å². The van der Waals surface area contributed by atoms with E-state index in [9.17, 15) is 4.79 Å². The van der Waals surface area contributed by atoms with Crippen LogP contribution in [0.25, 0.3) is 0 Å². The topological polar surface area (TPSA) is 84.9 Å². The van der Waals surface area contributed by atoms with Crippen LogP contribution in [0.3, 0.4) is 0 Å². The van der Waals surface area contributed by atoms with E-state index >= 15 is 0 Å². The van der Waals surface area contributed by atoms with Crippen molar-refractivity contribution >= 4 is 0 Å². The van der Waals surface area contributed by atoms with Gasteiger partial charge in [-0.05, 0) is 13.3 Å². The van der Waals surface area contributed by atoms with E-state index in [0.29, 0.717) is 12.2 Å². The highest BCUT2D eigenvalue weighted by Gasteiger charge is 2.23. The summed E-state index contributed by atoms with van der Waals surface area (Å²) in [5, 5.41) is 3.49. The molecule has 0 spiro atoms. The van der Waals surface area contributed by atoms with Gasteiger partial charge < -0.3 is 5.73 Å². The third kappa shape index (κ3) is 1.48. The van der Waals surface area contributed by atoms with E-state index in [4.69, 9.17) is 5.73 Å². The molecule has 0 aliphatic heterocycles. The molecule has 1 rings (SSSR count). The smallest absolute Gasteiger partial charge is 0.319 e. The lowest BCUT2D eigenvalue weighted by Gasteiger charge is -2.17. The van der Waals surface area contributed by atoms with Gasteiger partial charge in [0, 0.05) is 0 Å². The first-order chi connectivity index (χ1) is 5.06. The van der Waals surface area contributed by atoms with E-state index in [0.717, 1.165) is 0 Å². The molecule has 1 heterocycles. The van der Waals surface area contributed by atoms with Gasteiger partial charge in [0.05, 0.1) is 5.54 Å². The van der Waals surface area contributed by atoms with Gasteiger partial charge in [-0.3, -0.25) is 9.51 Å². The maximum atomic E-state index is 10.5. The molecule has 0 amide bonds. The minimum absolute atomic E-state index is 0.394. The quantitative estimate of drug-likeness (QED) is 0.630. The Kier molecular flexibility index (Phi) is 1.82. The molecule has 0 fully saturated rings. The Morgan fingerprint density at radius 2 is 2.45 bits per heavy atom. The van der Waals surface area contributed by atoms with Gasteiger partial charge in [-0.25, -0.2) is 4.79 Å². The van der Waals surface area contributed by atoms with Crippen LogP contribution in [0.1, 0.15) is 26.1 Å². The van der Waals surface area contributed by atoms with Gasteiger partial charge in [-0.2, -0.15) is 0 Å². The molecule has 1 atom stereocenters. The lowest BCUT2D eigenvalue weighted by molar-refractivity contribution is 0.356. The summed E-state index contributed by atoms with van der Waals surface area (Å²) in [7, 11) is 0. The van der Waals surface area contributed by atoms with E-state index in [2.05, 4.69) is 14.7 Å². The van der Waals surface area contributed by atoms with E-state index < -0.39 is 11.3 Å². The summed E-state index contributed by atoms with van der Waals surface area (Å²) in [6.07, 6.45) is 0.690. The number of nitrogens with zero attached hydrogens (tertiary/aromatic N) is 1. The van der Waals surface area contributed by atoms with Crippen LogP contribution in [0.4, 0.5) is 0 Å². The number of H-pyrrole nitrogens is 1. The van der Waals surface area contributed by atoms with Crippen molar-refractivity contribution in [2.45, 2.75) is 25.8 Å².